The van der Waals surface area contributed by atoms with Gasteiger partial charge in [-0.15, -0.1) is 0 Å². The summed E-state index contributed by atoms with van der Waals surface area (Å²) in [5.74, 6) is -1.59. The van der Waals surface area contributed by atoms with Crippen molar-refractivity contribution in [1.29, 1.82) is 0 Å². The zero-order chi connectivity index (χ0) is 16.3. The SMILES string of the molecule is CC(C)(C(=O)O)n1cccc(OCc2ccccc2F)c1=O. The summed E-state index contributed by atoms with van der Waals surface area (Å²) in [7, 11) is 0. The van der Waals surface area contributed by atoms with Gasteiger partial charge in [-0.3, -0.25) is 9.36 Å². The van der Waals surface area contributed by atoms with Crippen LogP contribution in [0, 0.1) is 5.82 Å². The van der Waals surface area contributed by atoms with Gasteiger partial charge in [-0.25, -0.2) is 9.18 Å². The van der Waals surface area contributed by atoms with Crippen LogP contribution in [-0.4, -0.2) is 15.6 Å². The number of rotatable bonds is 5. The Morgan fingerprint density at radius 3 is 2.59 bits per heavy atom. The molecule has 1 aromatic carbocycles. The molecule has 22 heavy (non-hydrogen) atoms. The molecular weight excluding hydrogens is 289 g/mol. The molecule has 5 nitrogen and oxygen atoms in total. The van der Waals surface area contributed by atoms with E-state index in [9.17, 15) is 19.1 Å². The lowest BCUT2D eigenvalue weighted by atomic mass is 10.1. The van der Waals surface area contributed by atoms with Crippen LogP contribution < -0.4 is 10.3 Å². The standard InChI is InChI=1S/C16H16FNO4/c1-16(2,15(20)21)18-9-5-8-13(14(18)19)22-10-11-6-3-4-7-12(11)17/h3-9H,10H2,1-2H3,(H,20,21). The number of halogens is 1. The third-order valence-electron chi connectivity index (χ3n) is 3.38. The van der Waals surface area contributed by atoms with E-state index in [2.05, 4.69) is 0 Å². The number of benzene rings is 1. The van der Waals surface area contributed by atoms with Gasteiger partial charge in [-0.2, -0.15) is 0 Å². The Kier molecular flexibility index (Phi) is 4.30. The number of aliphatic carboxylic acids is 1. The minimum Gasteiger partial charge on any atom is -0.483 e. The van der Waals surface area contributed by atoms with Crippen LogP contribution in [0.4, 0.5) is 4.39 Å². The summed E-state index contributed by atoms with van der Waals surface area (Å²) in [6, 6.07) is 9.02. The van der Waals surface area contributed by atoms with E-state index in [-0.39, 0.29) is 12.4 Å². The van der Waals surface area contributed by atoms with Crippen molar-refractivity contribution in [1.82, 2.24) is 4.57 Å². The Labute approximate surface area is 126 Å². The molecule has 2 aromatic rings. The fraction of sp³-hybridized carbons (Fsp3) is 0.250. The Morgan fingerprint density at radius 2 is 1.95 bits per heavy atom. The van der Waals surface area contributed by atoms with Crippen LogP contribution in [0.15, 0.2) is 47.4 Å². The van der Waals surface area contributed by atoms with Crippen LogP contribution in [0.3, 0.4) is 0 Å². The number of carboxylic acids is 1. The molecule has 0 bridgehead atoms. The molecule has 1 aromatic heterocycles. The largest absolute Gasteiger partial charge is 0.483 e. The molecule has 0 saturated heterocycles. The molecule has 1 heterocycles. The number of carboxylic acid groups (broad SMARTS) is 1. The first-order valence-electron chi connectivity index (χ1n) is 6.66. The molecule has 0 aliphatic heterocycles. The van der Waals surface area contributed by atoms with E-state index in [1.807, 2.05) is 0 Å². The Morgan fingerprint density at radius 1 is 1.27 bits per heavy atom. The molecule has 0 unspecified atom stereocenters. The number of nitrogens with zero attached hydrogens (tertiary/aromatic N) is 1. The maximum atomic E-state index is 13.5. The average Bonchev–Trinajstić information content (AvgIpc) is 2.47. The first-order chi connectivity index (χ1) is 10.3. The van der Waals surface area contributed by atoms with E-state index in [0.29, 0.717) is 5.56 Å². The molecule has 6 heteroatoms. The van der Waals surface area contributed by atoms with Gasteiger partial charge in [0.05, 0.1) is 0 Å². The fourth-order valence-corrected chi connectivity index (χ4v) is 1.90. The van der Waals surface area contributed by atoms with Gasteiger partial charge in [0.15, 0.2) is 5.75 Å². The van der Waals surface area contributed by atoms with Crippen molar-refractivity contribution < 1.29 is 19.0 Å². The van der Waals surface area contributed by atoms with Crippen molar-refractivity contribution in [3.63, 3.8) is 0 Å². The molecule has 0 saturated carbocycles. The number of pyridine rings is 1. The summed E-state index contributed by atoms with van der Waals surface area (Å²) >= 11 is 0. The third kappa shape index (κ3) is 3.00. The van der Waals surface area contributed by atoms with Crippen LogP contribution in [0.25, 0.3) is 0 Å². The first kappa shape index (κ1) is 15.8. The van der Waals surface area contributed by atoms with Gasteiger partial charge in [0.1, 0.15) is 18.0 Å². The lowest BCUT2D eigenvalue weighted by Gasteiger charge is -2.23. The lowest BCUT2D eigenvalue weighted by molar-refractivity contribution is -0.145. The maximum absolute atomic E-state index is 13.5. The predicted octanol–water partition coefficient (Wildman–Crippen LogP) is 2.39. The van der Waals surface area contributed by atoms with E-state index >= 15 is 0 Å². The summed E-state index contributed by atoms with van der Waals surface area (Å²) in [6.45, 7) is 2.72. The zero-order valence-corrected chi connectivity index (χ0v) is 12.2. The summed E-state index contributed by atoms with van der Waals surface area (Å²) in [6.07, 6.45) is 1.38. The molecular formula is C16H16FNO4. The second-order valence-corrected chi connectivity index (χ2v) is 5.29. The summed E-state index contributed by atoms with van der Waals surface area (Å²) in [5.41, 5.74) is -1.67. The molecule has 0 aliphatic rings. The van der Waals surface area contributed by atoms with E-state index in [4.69, 9.17) is 4.74 Å². The van der Waals surface area contributed by atoms with Crippen LogP contribution in [0.1, 0.15) is 19.4 Å². The molecule has 0 spiro atoms. The number of hydrogen-bond acceptors (Lipinski definition) is 3. The van der Waals surface area contributed by atoms with Gasteiger partial charge in [-0.1, -0.05) is 18.2 Å². The van der Waals surface area contributed by atoms with Crippen molar-refractivity contribution in [2.24, 2.45) is 0 Å². The first-order valence-corrected chi connectivity index (χ1v) is 6.66. The second kappa shape index (κ2) is 6.01. The molecule has 0 aliphatic carbocycles. The molecule has 0 amide bonds. The zero-order valence-electron chi connectivity index (χ0n) is 12.2. The molecule has 1 N–H and O–H groups in total. The van der Waals surface area contributed by atoms with Crippen molar-refractivity contribution in [2.75, 3.05) is 0 Å². The second-order valence-electron chi connectivity index (χ2n) is 5.29. The Bertz CT molecular complexity index is 752. The highest BCUT2D eigenvalue weighted by Gasteiger charge is 2.30. The summed E-state index contributed by atoms with van der Waals surface area (Å²) in [5, 5.41) is 9.20. The fourth-order valence-electron chi connectivity index (χ4n) is 1.90. The number of ether oxygens (including phenoxy) is 1. The van der Waals surface area contributed by atoms with Gasteiger partial charge >= 0.3 is 5.97 Å². The number of aromatic nitrogens is 1. The summed E-state index contributed by atoms with van der Waals surface area (Å²) in [4.78, 5) is 23.6. The number of carbonyl (C=O) groups is 1. The predicted molar refractivity (Wildman–Crippen MR) is 78.4 cm³/mol. The van der Waals surface area contributed by atoms with E-state index in [1.165, 1.54) is 38.2 Å². The molecule has 0 fully saturated rings. The maximum Gasteiger partial charge on any atom is 0.329 e. The monoisotopic (exact) mass is 305 g/mol. The van der Waals surface area contributed by atoms with Crippen molar-refractivity contribution in [3.05, 3.63) is 64.3 Å². The van der Waals surface area contributed by atoms with Crippen molar-refractivity contribution >= 4 is 5.97 Å². The Balaban J connectivity index is 2.29. The van der Waals surface area contributed by atoms with Gasteiger partial charge in [-0.05, 0) is 32.0 Å². The van der Waals surface area contributed by atoms with Crippen molar-refractivity contribution in [2.45, 2.75) is 26.0 Å². The third-order valence-corrected chi connectivity index (χ3v) is 3.38. The lowest BCUT2D eigenvalue weighted by Crippen LogP contribution is -2.42. The van der Waals surface area contributed by atoms with Crippen LogP contribution >= 0.6 is 0 Å². The van der Waals surface area contributed by atoms with Gasteiger partial charge in [0.2, 0.25) is 0 Å². The topological polar surface area (TPSA) is 68.5 Å². The van der Waals surface area contributed by atoms with Gasteiger partial charge < -0.3 is 9.84 Å². The van der Waals surface area contributed by atoms with Crippen LogP contribution in [0.2, 0.25) is 0 Å². The summed E-state index contributed by atoms with van der Waals surface area (Å²) < 4.78 is 20.0. The minimum atomic E-state index is -1.41. The molecule has 2 rings (SSSR count). The van der Waals surface area contributed by atoms with Gasteiger partial charge in [0.25, 0.3) is 5.56 Å². The smallest absolute Gasteiger partial charge is 0.329 e. The Hall–Kier alpha value is -2.63. The molecule has 116 valence electrons. The normalized spacial score (nSPS) is 11.2. The van der Waals surface area contributed by atoms with Crippen LogP contribution in [0.5, 0.6) is 5.75 Å². The molecule has 0 atom stereocenters. The highest BCUT2D eigenvalue weighted by molar-refractivity contribution is 5.75. The van der Waals surface area contributed by atoms with E-state index in [1.54, 1.807) is 18.2 Å². The highest BCUT2D eigenvalue weighted by Crippen LogP contribution is 2.16. The van der Waals surface area contributed by atoms with Crippen LogP contribution in [-0.2, 0) is 16.9 Å². The highest BCUT2D eigenvalue weighted by atomic mass is 19.1. The van der Waals surface area contributed by atoms with E-state index in [0.717, 1.165) is 4.57 Å². The molecule has 0 radical (unpaired) electrons. The average molecular weight is 305 g/mol. The van der Waals surface area contributed by atoms with Crippen molar-refractivity contribution in [3.8, 4) is 5.75 Å². The minimum absolute atomic E-state index is 0.0277. The van der Waals surface area contributed by atoms with E-state index < -0.39 is 22.9 Å². The van der Waals surface area contributed by atoms with Gasteiger partial charge in [0, 0.05) is 11.8 Å². The quantitative estimate of drug-likeness (QED) is 0.921. The number of hydrogen-bond donors (Lipinski definition) is 1.